The first-order valence-corrected chi connectivity index (χ1v) is 9.58. The lowest BCUT2D eigenvalue weighted by atomic mass is 9.93. The van der Waals surface area contributed by atoms with E-state index in [-0.39, 0.29) is 11.9 Å². The number of hydrogen-bond donors (Lipinski definition) is 1. The first-order valence-electron chi connectivity index (χ1n) is 9.58. The summed E-state index contributed by atoms with van der Waals surface area (Å²) < 4.78 is 5.95. The number of phenolic OH excluding ortho intramolecular Hbond substituents is 1. The van der Waals surface area contributed by atoms with Crippen molar-refractivity contribution in [1.29, 1.82) is 0 Å². The van der Waals surface area contributed by atoms with Crippen LogP contribution in [0.2, 0.25) is 0 Å². The summed E-state index contributed by atoms with van der Waals surface area (Å²) in [4.78, 5) is 4.53. The maximum absolute atomic E-state index is 9.52. The van der Waals surface area contributed by atoms with Crippen molar-refractivity contribution in [1.82, 2.24) is 4.98 Å². The van der Waals surface area contributed by atoms with E-state index in [9.17, 15) is 5.11 Å². The highest BCUT2D eigenvalue weighted by Gasteiger charge is 2.22. The monoisotopic (exact) mass is 361 g/mol. The third kappa shape index (κ3) is 5.18. The summed E-state index contributed by atoms with van der Waals surface area (Å²) in [6.45, 7) is 7.09. The summed E-state index contributed by atoms with van der Waals surface area (Å²) >= 11 is 0. The van der Waals surface area contributed by atoms with Crippen molar-refractivity contribution >= 4 is 11.6 Å². The van der Waals surface area contributed by atoms with Gasteiger partial charge in [0, 0.05) is 6.20 Å². The van der Waals surface area contributed by atoms with Crippen LogP contribution in [-0.4, -0.2) is 22.8 Å². The standard InChI is InChI=1S/C24H27NO2/c1-3-6-18(2)22-14-16-27-24(22)13-10-20(23-7-4-5-15-25-23)17-19-8-11-21(26)12-9-19/h4-5,7-9,11-12,14-15,17,24,26H,2-3,6,10,13,16H2,1H3/b20-17-. The summed E-state index contributed by atoms with van der Waals surface area (Å²) in [5.41, 5.74) is 5.65. The molecular formula is C24H27NO2. The van der Waals surface area contributed by atoms with E-state index in [0.717, 1.165) is 42.5 Å². The molecule has 1 aromatic carbocycles. The molecule has 2 heterocycles. The predicted molar refractivity (Wildman–Crippen MR) is 111 cm³/mol. The number of allylic oxidation sites excluding steroid dienone is 1. The molecule has 1 N–H and O–H groups in total. The Kier molecular flexibility index (Phi) is 6.61. The molecule has 1 unspecified atom stereocenters. The zero-order valence-electron chi connectivity index (χ0n) is 15.9. The second-order valence-electron chi connectivity index (χ2n) is 6.85. The van der Waals surface area contributed by atoms with E-state index in [1.165, 1.54) is 11.1 Å². The van der Waals surface area contributed by atoms with E-state index < -0.39 is 0 Å². The fraction of sp³-hybridized carbons (Fsp3) is 0.292. The van der Waals surface area contributed by atoms with E-state index >= 15 is 0 Å². The highest BCUT2D eigenvalue weighted by atomic mass is 16.5. The molecule has 0 saturated carbocycles. The van der Waals surface area contributed by atoms with Gasteiger partial charge in [0.25, 0.3) is 0 Å². The number of rotatable bonds is 8. The second-order valence-corrected chi connectivity index (χ2v) is 6.85. The van der Waals surface area contributed by atoms with Gasteiger partial charge in [-0.1, -0.05) is 44.2 Å². The van der Waals surface area contributed by atoms with Crippen molar-refractivity contribution in [3.8, 4) is 5.75 Å². The SMILES string of the molecule is C=C(CCC)C1=CCOC1CC/C(=C/c1ccc(O)cc1)c1ccccn1. The largest absolute Gasteiger partial charge is 0.508 e. The lowest BCUT2D eigenvalue weighted by Crippen LogP contribution is -2.12. The van der Waals surface area contributed by atoms with Gasteiger partial charge in [-0.3, -0.25) is 4.98 Å². The lowest BCUT2D eigenvalue weighted by Gasteiger charge is -2.17. The molecule has 1 aliphatic rings. The van der Waals surface area contributed by atoms with E-state index in [0.29, 0.717) is 6.61 Å². The molecule has 0 fully saturated rings. The van der Waals surface area contributed by atoms with Crippen molar-refractivity contribution in [2.75, 3.05) is 6.61 Å². The minimum Gasteiger partial charge on any atom is -0.508 e. The molecule has 0 bridgehead atoms. The molecule has 0 radical (unpaired) electrons. The van der Waals surface area contributed by atoms with Crippen LogP contribution < -0.4 is 0 Å². The summed E-state index contributed by atoms with van der Waals surface area (Å²) in [6, 6.07) is 13.2. The quantitative estimate of drug-likeness (QED) is 0.647. The van der Waals surface area contributed by atoms with Crippen LogP contribution in [0.3, 0.4) is 0 Å². The molecule has 1 atom stereocenters. The van der Waals surface area contributed by atoms with Crippen molar-refractivity contribution in [2.45, 2.75) is 38.7 Å². The Morgan fingerprint density at radius 2 is 2.04 bits per heavy atom. The van der Waals surface area contributed by atoms with E-state index in [1.807, 2.05) is 36.5 Å². The fourth-order valence-corrected chi connectivity index (χ4v) is 3.42. The average Bonchev–Trinajstić information content (AvgIpc) is 3.16. The smallest absolute Gasteiger partial charge is 0.115 e. The van der Waals surface area contributed by atoms with Crippen molar-refractivity contribution < 1.29 is 9.84 Å². The third-order valence-electron chi connectivity index (χ3n) is 4.81. The average molecular weight is 361 g/mol. The molecule has 3 heteroatoms. The van der Waals surface area contributed by atoms with Crippen molar-refractivity contribution in [2.24, 2.45) is 0 Å². The van der Waals surface area contributed by atoms with Gasteiger partial charge in [-0.2, -0.15) is 0 Å². The number of nitrogens with zero attached hydrogens (tertiary/aromatic N) is 1. The van der Waals surface area contributed by atoms with Crippen LogP contribution in [-0.2, 0) is 4.74 Å². The van der Waals surface area contributed by atoms with Crippen molar-refractivity contribution in [3.05, 3.63) is 83.7 Å². The number of aromatic nitrogens is 1. The number of pyridine rings is 1. The Morgan fingerprint density at radius 1 is 1.22 bits per heavy atom. The maximum Gasteiger partial charge on any atom is 0.115 e. The molecule has 0 aliphatic carbocycles. The zero-order valence-corrected chi connectivity index (χ0v) is 15.9. The first-order chi connectivity index (χ1) is 13.2. The van der Waals surface area contributed by atoms with Crippen LogP contribution in [0.4, 0.5) is 0 Å². The van der Waals surface area contributed by atoms with Gasteiger partial charge in [0.05, 0.1) is 18.4 Å². The number of phenols is 1. The van der Waals surface area contributed by atoms with Gasteiger partial charge in [-0.25, -0.2) is 0 Å². The summed E-state index contributed by atoms with van der Waals surface area (Å²) in [5.74, 6) is 0.273. The van der Waals surface area contributed by atoms with Gasteiger partial charge in [0.15, 0.2) is 0 Å². The first kappa shape index (κ1) is 19.1. The van der Waals surface area contributed by atoms with Crippen LogP contribution in [0.5, 0.6) is 5.75 Å². The number of aromatic hydroxyl groups is 1. The minimum absolute atomic E-state index is 0.107. The van der Waals surface area contributed by atoms with E-state index in [2.05, 4.69) is 30.6 Å². The minimum atomic E-state index is 0.107. The molecule has 0 spiro atoms. The Labute approximate surface area is 161 Å². The van der Waals surface area contributed by atoms with Crippen molar-refractivity contribution in [3.63, 3.8) is 0 Å². The maximum atomic E-state index is 9.52. The van der Waals surface area contributed by atoms with E-state index in [4.69, 9.17) is 4.74 Å². The third-order valence-corrected chi connectivity index (χ3v) is 4.81. The highest BCUT2D eigenvalue weighted by molar-refractivity contribution is 5.80. The van der Waals surface area contributed by atoms with Crippen LogP contribution >= 0.6 is 0 Å². The van der Waals surface area contributed by atoms with Crippen LogP contribution in [0.1, 0.15) is 43.9 Å². The van der Waals surface area contributed by atoms with Crippen LogP contribution in [0, 0.1) is 0 Å². The number of hydrogen-bond acceptors (Lipinski definition) is 3. The van der Waals surface area contributed by atoms with Gasteiger partial charge >= 0.3 is 0 Å². The molecule has 0 amide bonds. The Hall–Kier alpha value is -2.65. The van der Waals surface area contributed by atoms with Crippen LogP contribution in [0.15, 0.2) is 72.5 Å². The van der Waals surface area contributed by atoms with Gasteiger partial charge in [0.2, 0.25) is 0 Å². The Morgan fingerprint density at radius 3 is 2.74 bits per heavy atom. The summed E-state index contributed by atoms with van der Waals surface area (Å²) in [7, 11) is 0. The molecule has 2 aromatic rings. The topological polar surface area (TPSA) is 42.4 Å². The normalized spacial score (nSPS) is 17.0. The summed E-state index contributed by atoms with van der Waals surface area (Å²) in [5, 5.41) is 9.52. The van der Waals surface area contributed by atoms with Gasteiger partial charge in [-0.15, -0.1) is 0 Å². The number of benzene rings is 1. The molecular weight excluding hydrogens is 334 g/mol. The molecule has 27 heavy (non-hydrogen) atoms. The molecule has 3 nitrogen and oxygen atoms in total. The van der Waals surface area contributed by atoms with Crippen LogP contribution in [0.25, 0.3) is 11.6 Å². The van der Waals surface area contributed by atoms with Gasteiger partial charge in [-0.05, 0) is 71.9 Å². The number of ether oxygens (including phenoxy) is 1. The highest BCUT2D eigenvalue weighted by Crippen LogP contribution is 2.31. The van der Waals surface area contributed by atoms with Gasteiger partial charge < -0.3 is 9.84 Å². The summed E-state index contributed by atoms with van der Waals surface area (Å²) in [6.07, 6.45) is 10.1. The zero-order chi connectivity index (χ0) is 19.1. The Balaban J connectivity index is 1.77. The lowest BCUT2D eigenvalue weighted by molar-refractivity contribution is 0.117. The molecule has 0 saturated heterocycles. The molecule has 1 aromatic heterocycles. The Bertz CT molecular complexity index is 819. The second kappa shape index (κ2) is 9.33. The molecule has 140 valence electrons. The van der Waals surface area contributed by atoms with E-state index in [1.54, 1.807) is 12.1 Å². The molecule has 1 aliphatic heterocycles. The van der Waals surface area contributed by atoms with Gasteiger partial charge in [0.1, 0.15) is 5.75 Å². The predicted octanol–water partition coefficient (Wildman–Crippen LogP) is 5.79. The fourth-order valence-electron chi connectivity index (χ4n) is 3.42. The molecule has 3 rings (SSSR count).